The molecule has 1 aromatic carbocycles. The van der Waals surface area contributed by atoms with Crippen molar-refractivity contribution in [3.8, 4) is 0 Å². The lowest BCUT2D eigenvalue weighted by Crippen LogP contribution is -2.03. The van der Waals surface area contributed by atoms with E-state index in [1.807, 2.05) is 0 Å². The molecular formula is C11H10FNO2S2. The van der Waals surface area contributed by atoms with Crippen LogP contribution in [0.15, 0.2) is 39.9 Å². The molecule has 6 heteroatoms. The summed E-state index contributed by atoms with van der Waals surface area (Å²) in [5.74, 6) is -0.811. The van der Waals surface area contributed by atoms with E-state index in [9.17, 15) is 12.8 Å². The quantitative estimate of drug-likeness (QED) is 0.872. The topological polar surface area (TPSA) is 60.2 Å². The highest BCUT2D eigenvalue weighted by atomic mass is 32.2. The summed E-state index contributed by atoms with van der Waals surface area (Å²) in [6.07, 6.45) is 0. The van der Waals surface area contributed by atoms with Crippen molar-refractivity contribution in [3.63, 3.8) is 0 Å². The number of thiophene rings is 1. The monoisotopic (exact) mass is 271 g/mol. The molecule has 90 valence electrons. The van der Waals surface area contributed by atoms with Gasteiger partial charge in [-0.25, -0.2) is 12.8 Å². The summed E-state index contributed by atoms with van der Waals surface area (Å²) >= 11 is 1.15. The number of benzene rings is 1. The number of halogens is 1. The molecule has 0 fully saturated rings. The predicted molar refractivity (Wildman–Crippen MR) is 66.0 cm³/mol. The average molecular weight is 271 g/mol. The van der Waals surface area contributed by atoms with Crippen molar-refractivity contribution < 1.29 is 12.8 Å². The Morgan fingerprint density at radius 3 is 2.65 bits per heavy atom. The van der Waals surface area contributed by atoms with Gasteiger partial charge >= 0.3 is 0 Å². The van der Waals surface area contributed by atoms with Crippen molar-refractivity contribution >= 4 is 26.9 Å². The Morgan fingerprint density at radius 2 is 2.06 bits per heavy atom. The van der Waals surface area contributed by atoms with E-state index >= 15 is 0 Å². The number of hydrogen-bond acceptors (Lipinski definition) is 4. The smallest absolute Gasteiger partial charge is 0.191 e. The first-order valence-corrected chi connectivity index (χ1v) is 7.32. The molecule has 0 aliphatic rings. The van der Waals surface area contributed by atoms with Gasteiger partial charge < -0.3 is 5.73 Å². The van der Waals surface area contributed by atoms with Crippen molar-refractivity contribution in [1.29, 1.82) is 0 Å². The Labute approximate surface area is 103 Å². The molecule has 2 aromatic rings. The minimum Gasteiger partial charge on any atom is -0.396 e. The molecule has 0 unspecified atom stereocenters. The molecule has 0 atom stereocenters. The maximum absolute atomic E-state index is 13.2. The van der Waals surface area contributed by atoms with Gasteiger partial charge in [0, 0.05) is 0 Å². The second-order valence-electron chi connectivity index (χ2n) is 3.55. The maximum Gasteiger partial charge on any atom is 0.191 e. The number of hydrogen-bond donors (Lipinski definition) is 1. The van der Waals surface area contributed by atoms with Crippen LogP contribution < -0.4 is 5.73 Å². The van der Waals surface area contributed by atoms with E-state index in [0.717, 1.165) is 17.4 Å². The fourth-order valence-electron chi connectivity index (χ4n) is 1.39. The van der Waals surface area contributed by atoms with Crippen molar-refractivity contribution in [1.82, 2.24) is 0 Å². The highest BCUT2D eigenvalue weighted by Gasteiger charge is 2.16. The third-order valence-electron chi connectivity index (χ3n) is 2.22. The molecule has 1 heterocycles. The number of nitrogen functional groups attached to an aromatic ring is 1. The number of rotatable bonds is 3. The molecule has 0 saturated heterocycles. The van der Waals surface area contributed by atoms with Crippen LogP contribution in [-0.4, -0.2) is 8.42 Å². The summed E-state index contributed by atoms with van der Waals surface area (Å²) in [4.78, 5) is 0. The van der Waals surface area contributed by atoms with Gasteiger partial charge in [0.25, 0.3) is 0 Å². The lowest BCUT2D eigenvalue weighted by Gasteiger charge is -2.03. The van der Waals surface area contributed by atoms with Gasteiger partial charge in [-0.15, -0.1) is 11.3 Å². The molecule has 3 nitrogen and oxygen atoms in total. The first-order chi connectivity index (χ1) is 7.99. The molecule has 2 rings (SSSR count). The summed E-state index contributed by atoms with van der Waals surface area (Å²) in [6, 6.07) is 7.24. The van der Waals surface area contributed by atoms with Gasteiger partial charge in [-0.2, -0.15) is 0 Å². The molecule has 2 N–H and O–H groups in total. The Hall–Kier alpha value is -1.40. The Bertz CT molecular complexity index is 621. The Balaban J connectivity index is 2.30. The van der Waals surface area contributed by atoms with E-state index in [1.54, 1.807) is 11.4 Å². The SMILES string of the molecule is Nc1ccc(CS(=O)(=O)c2cccs2)cc1F. The lowest BCUT2D eigenvalue weighted by atomic mass is 10.2. The second-order valence-corrected chi connectivity index (χ2v) is 6.71. The van der Waals surface area contributed by atoms with Crippen LogP contribution in [0.1, 0.15) is 5.56 Å². The van der Waals surface area contributed by atoms with Crippen molar-refractivity contribution in [2.75, 3.05) is 5.73 Å². The van der Waals surface area contributed by atoms with Crippen LogP contribution in [0.3, 0.4) is 0 Å². The number of anilines is 1. The molecule has 0 aliphatic heterocycles. The van der Waals surface area contributed by atoms with Crippen LogP contribution in [0.5, 0.6) is 0 Å². The van der Waals surface area contributed by atoms with Crippen LogP contribution >= 0.6 is 11.3 Å². The standard InChI is InChI=1S/C11H10FNO2S2/c12-9-6-8(3-4-10(9)13)7-17(14,15)11-2-1-5-16-11/h1-6H,7,13H2. The first kappa shape index (κ1) is 12.1. The zero-order valence-corrected chi connectivity index (χ0v) is 10.4. The van der Waals surface area contributed by atoms with E-state index in [1.165, 1.54) is 18.2 Å². The summed E-state index contributed by atoms with van der Waals surface area (Å²) in [5.41, 5.74) is 5.73. The van der Waals surface area contributed by atoms with Gasteiger partial charge in [-0.05, 0) is 29.1 Å². The first-order valence-electron chi connectivity index (χ1n) is 4.79. The predicted octanol–water partition coefficient (Wildman–Crippen LogP) is 2.44. The molecule has 1 aromatic heterocycles. The van der Waals surface area contributed by atoms with Gasteiger partial charge in [0.15, 0.2) is 9.84 Å². The van der Waals surface area contributed by atoms with Crippen LogP contribution in [0.2, 0.25) is 0 Å². The largest absolute Gasteiger partial charge is 0.396 e. The summed E-state index contributed by atoms with van der Waals surface area (Å²) in [5, 5.41) is 1.69. The van der Waals surface area contributed by atoms with Gasteiger partial charge in [0.2, 0.25) is 0 Å². The summed E-state index contributed by atoms with van der Waals surface area (Å²) in [6.45, 7) is 0. The van der Waals surface area contributed by atoms with E-state index < -0.39 is 15.7 Å². The molecule has 0 spiro atoms. The Kier molecular flexibility index (Phi) is 3.17. The highest BCUT2D eigenvalue weighted by Crippen LogP contribution is 2.22. The molecule has 0 bridgehead atoms. The zero-order chi connectivity index (χ0) is 12.5. The minimum absolute atomic E-state index is 0.0160. The number of nitrogens with two attached hydrogens (primary N) is 1. The molecule has 0 amide bonds. The molecule has 0 aliphatic carbocycles. The van der Waals surface area contributed by atoms with E-state index in [2.05, 4.69) is 0 Å². The van der Waals surface area contributed by atoms with E-state index in [-0.39, 0.29) is 15.6 Å². The zero-order valence-electron chi connectivity index (χ0n) is 8.76. The van der Waals surface area contributed by atoms with Crippen molar-refractivity contribution in [2.24, 2.45) is 0 Å². The van der Waals surface area contributed by atoms with Gasteiger partial charge in [0.05, 0.1) is 11.4 Å². The van der Waals surface area contributed by atoms with Crippen molar-refractivity contribution in [2.45, 2.75) is 9.96 Å². The summed E-state index contributed by atoms with van der Waals surface area (Å²) in [7, 11) is -3.39. The van der Waals surface area contributed by atoms with Gasteiger partial charge in [0.1, 0.15) is 10.0 Å². The Morgan fingerprint density at radius 1 is 1.29 bits per heavy atom. The normalized spacial score (nSPS) is 11.6. The van der Waals surface area contributed by atoms with E-state index in [4.69, 9.17) is 5.73 Å². The van der Waals surface area contributed by atoms with Crippen LogP contribution in [0.25, 0.3) is 0 Å². The fourth-order valence-corrected chi connectivity index (χ4v) is 3.82. The van der Waals surface area contributed by atoms with Crippen LogP contribution in [0.4, 0.5) is 10.1 Å². The molecule has 0 saturated carbocycles. The van der Waals surface area contributed by atoms with Gasteiger partial charge in [-0.3, -0.25) is 0 Å². The van der Waals surface area contributed by atoms with Crippen LogP contribution in [-0.2, 0) is 15.6 Å². The summed E-state index contributed by atoms with van der Waals surface area (Å²) < 4.78 is 37.3. The van der Waals surface area contributed by atoms with Crippen LogP contribution in [0, 0.1) is 5.82 Å². The minimum atomic E-state index is -3.39. The molecule has 17 heavy (non-hydrogen) atoms. The fraction of sp³-hybridized carbons (Fsp3) is 0.0909. The lowest BCUT2D eigenvalue weighted by molar-refractivity contribution is 0.596. The molecular weight excluding hydrogens is 261 g/mol. The average Bonchev–Trinajstić information content (AvgIpc) is 2.77. The van der Waals surface area contributed by atoms with Gasteiger partial charge in [-0.1, -0.05) is 12.1 Å². The maximum atomic E-state index is 13.2. The third-order valence-corrected chi connectivity index (χ3v) is 5.40. The highest BCUT2D eigenvalue weighted by molar-refractivity contribution is 7.92. The van der Waals surface area contributed by atoms with Crippen molar-refractivity contribution in [3.05, 3.63) is 47.1 Å². The second kappa shape index (κ2) is 4.46. The molecule has 0 radical (unpaired) electrons. The number of sulfone groups is 1. The van der Waals surface area contributed by atoms with E-state index in [0.29, 0.717) is 5.56 Å². The third kappa shape index (κ3) is 2.65.